The molecule has 1 aromatic heterocycles. The van der Waals surface area contributed by atoms with Crippen LogP contribution in [0.2, 0.25) is 0 Å². The van der Waals surface area contributed by atoms with Crippen molar-refractivity contribution in [2.45, 2.75) is 13.3 Å². The number of nitrogens with zero attached hydrogens (tertiary/aromatic N) is 1. The Balaban J connectivity index is 1.91. The molecule has 0 radical (unpaired) electrons. The van der Waals surface area contributed by atoms with Gasteiger partial charge in [0.2, 0.25) is 0 Å². The van der Waals surface area contributed by atoms with Gasteiger partial charge in [-0.05, 0) is 46.6 Å². The van der Waals surface area contributed by atoms with Crippen LogP contribution in [0.3, 0.4) is 0 Å². The highest BCUT2D eigenvalue weighted by molar-refractivity contribution is 9.10. The third kappa shape index (κ3) is 3.80. The molecule has 134 valence electrons. The quantitative estimate of drug-likeness (QED) is 0.612. The van der Waals surface area contributed by atoms with Gasteiger partial charge in [-0.3, -0.25) is 9.78 Å². The first-order chi connectivity index (χ1) is 12.6. The number of halogens is 1. The Bertz CT molecular complexity index is 938. The number of amides is 1. The van der Waals surface area contributed by atoms with Gasteiger partial charge in [-0.2, -0.15) is 0 Å². The highest BCUT2D eigenvalue weighted by Crippen LogP contribution is 2.37. The number of fused-ring (bicyclic) bond motifs is 1. The van der Waals surface area contributed by atoms with Crippen LogP contribution in [0.4, 0.5) is 5.69 Å². The largest absolute Gasteiger partial charge is 0.493 e. The maximum Gasteiger partial charge on any atom is 0.255 e. The first kappa shape index (κ1) is 18.2. The lowest BCUT2D eigenvalue weighted by molar-refractivity contribution is 0.102. The summed E-state index contributed by atoms with van der Waals surface area (Å²) in [5, 5.41) is 3.89. The zero-order chi connectivity index (χ0) is 18.5. The number of pyridine rings is 1. The van der Waals surface area contributed by atoms with E-state index in [1.54, 1.807) is 25.4 Å². The lowest BCUT2D eigenvalue weighted by Gasteiger charge is -2.14. The van der Waals surface area contributed by atoms with Crippen LogP contribution < -0.4 is 14.8 Å². The molecule has 26 heavy (non-hydrogen) atoms. The van der Waals surface area contributed by atoms with Gasteiger partial charge in [0.25, 0.3) is 5.91 Å². The zero-order valence-corrected chi connectivity index (χ0v) is 16.2. The predicted molar refractivity (Wildman–Crippen MR) is 106 cm³/mol. The summed E-state index contributed by atoms with van der Waals surface area (Å²) in [4.78, 5) is 17.1. The van der Waals surface area contributed by atoms with Gasteiger partial charge < -0.3 is 14.8 Å². The molecule has 0 atom stereocenters. The van der Waals surface area contributed by atoms with Crippen molar-refractivity contribution in [1.82, 2.24) is 4.98 Å². The summed E-state index contributed by atoms with van der Waals surface area (Å²) >= 11 is 3.47. The van der Waals surface area contributed by atoms with E-state index in [-0.39, 0.29) is 5.91 Å². The second-order valence-corrected chi connectivity index (χ2v) is 6.53. The third-order valence-electron chi connectivity index (χ3n) is 3.82. The van der Waals surface area contributed by atoms with Gasteiger partial charge in [0.05, 0.1) is 29.4 Å². The van der Waals surface area contributed by atoms with E-state index >= 15 is 0 Å². The molecule has 1 heterocycles. The number of rotatable bonds is 6. The van der Waals surface area contributed by atoms with E-state index in [1.807, 2.05) is 37.3 Å². The van der Waals surface area contributed by atoms with Crippen molar-refractivity contribution in [2.24, 2.45) is 0 Å². The summed E-state index contributed by atoms with van der Waals surface area (Å²) in [5.74, 6) is 0.857. The van der Waals surface area contributed by atoms with Gasteiger partial charge in [0, 0.05) is 17.1 Å². The number of carbonyl (C=O) groups is 1. The third-order valence-corrected chi connectivity index (χ3v) is 4.41. The Hall–Kier alpha value is -2.60. The molecule has 0 unspecified atom stereocenters. The summed E-state index contributed by atoms with van der Waals surface area (Å²) < 4.78 is 11.8. The van der Waals surface area contributed by atoms with Crippen LogP contribution in [0, 0.1) is 0 Å². The molecule has 0 aliphatic carbocycles. The highest BCUT2D eigenvalue weighted by atomic mass is 79.9. The van der Waals surface area contributed by atoms with Crippen molar-refractivity contribution < 1.29 is 14.3 Å². The van der Waals surface area contributed by atoms with Crippen molar-refractivity contribution in [3.05, 3.63) is 58.7 Å². The topological polar surface area (TPSA) is 60.5 Å². The average molecular weight is 415 g/mol. The number of anilines is 1. The minimum atomic E-state index is -0.246. The number of methoxy groups -OCH3 is 1. The van der Waals surface area contributed by atoms with E-state index in [9.17, 15) is 4.79 Å². The predicted octanol–water partition coefficient (Wildman–Crippen LogP) is 5.05. The molecule has 0 saturated heterocycles. The molecule has 1 amide bonds. The van der Waals surface area contributed by atoms with Crippen LogP contribution in [-0.4, -0.2) is 24.6 Å². The highest BCUT2D eigenvalue weighted by Gasteiger charge is 2.16. The number of aromatic nitrogens is 1. The van der Waals surface area contributed by atoms with Crippen molar-refractivity contribution in [3.8, 4) is 11.5 Å². The van der Waals surface area contributed by atoms with Crippen LogP contribution in [0.1, 0.15) is 23.7 Å². The van der Waals surface area contributed by atoms with Crippen molar-refractivity contribution >= 4 is 38.4 Å². The second kappa shape index (κ2) is 8.19. The van der Waals surface area contributed by atoms with Crippen molar-refractivity contribution in [1.29, 1.82) is 0 Å². The molecule has 0 spiro atoms. The minimum absolute atomic E-state index is 0.246. The SMILES string of the molecule is CCCOc1c(Br)cc(C(=O)Nc2cccc3cccnc23)cc1OC. The Kier molecular flexibility index (Phi) is 5.73. The molecule has 1 N–H and O–H groups in total. The van der Waals surface area contributed by atoms with Gasteiger partial charge in [-0.1, -0.05) is 25.1 Å². The number of nitrogens with one attached hydrogen (secondary N) is 1. The molecular weight excluding hydrogens is 396 g/mol. The van der Waals surface area contributed by atoms with Crippen LogP contribution >= 0.6 is 15.9 Å². The number of carbonyl (C=O) groups excluding carboxylic acids is 1. The minimum Gasteiger partial charge on any atom is -0.493 e. The summed E-state index contributed by atoms with van der Waals surface area (Å²) in [6, 6.07) is 12.9. The van der Waals surface area contributed by atoms with Gasteiger partial charge in [0.15, 0.2) is 11.5 Å². The van der Waals surface area contributed by atoms with Gasteiger partial charge in [-0.25, -0.2) is 0 Å². The Labute approximate surface area is 160 Å². The molecule has 0 fully saturated rings. The maximum atomic E-state index is 12.7. The first-order valence-electron chi connectivity index (χ1n) is 8.29. The fraction of sp³-hybridized carbons (Fsp3) is 0.200. The molecule has 0 aliphatic heterocycles. The molecule has 0 aliphatic rings. The fourth-order valence-electron chi connectivity index (χ4n) is 2.59. The summed E-state index contributed by atoms with van der Waals surface area (Å²) in [6.07, 6.45) is 2.59. The van der Waals surface area contributed by atoms with Gasteiger partial charge in [0.1, 0.15) is 0 Å². The van der Waals surface area contributed by atoms with Gasteiger partial charge >= 0.3 is 0 Å². The van der Waals surface area contributed by atoms with Crippen LogP contribution in [0.15, 0.2) is 53.1 Å². The molecular formula is C20H19BrN2O3. The van der Waals surface area contributed by atoms with E-state index in [2.05, 4.69) is 26.2 Å². The smallest absolute Gasteiger partial charge is 0.255 e. The number of hydrogen-bond donors (Lipinski definition) is 1. The number of ether oxygens (including phenoxy) is 2. The standard InChI is InChI=1S/C20H19BrN2O3/c1-3-10-26-19-15(21)11-14(12-17(19)25-2)20(24)23-16-8-4-6-13-7-5-9-22-18(13)16/h4-9,11-12H,3,10H2,1-2H3,(H,23,24). The molecule has 3 aromatic rings. The van der Waals surface area contributed by atoms with Crippen molar-refractivity contribution in [2.75, 3.05) is 19.0 Å². The lowest BCUT2D eigenvalue weighted by Crippen LogP contribution is -2.13. The molecule has 2 aromatic carbocycles. The molecule has 3 rings (SSSR count). The van der Waals surface area contributed by atoms with E-state index < -0.39 is 0 Å². The average Bonchev–Trinajstić information content (AvgIpc) is 2.66. The summed E-state index contributed by atoms with van der Waals surface area (Å²) in [5.41, 5.74) is 1.87. The summed E-state index contributed by atoms with van der Waals surface area (Å²) in [6.45, 7) is 2.60. The van der Waals surface area contributed by atoms with Crippen LogP contribution in [0.25, 0.3) is 10.9 Å². The first-order valence-corrected chi connectivity index (χ1v) is 9.08. The number of benzene rings is 2. The Morgan fingerprint density at radius 3 is 2.81 bits per heavy atom. The van der Waals surface area contributed by atoms with Crippen LogP contribution in [-0.2, 0) is 0 Å². The van der Waals surface area contributed by atoms with E-state index in [0.29, 0.717) is 33.8 Å². The fourth-order valence-corrected chi connectivity index (χ4v) is 3.15. The molecule has 0 bridgehead atoms. The zero-order valence-electron chi connectivity index (χ0n) is 14.6. The molecule has 0 saturated carbocycles. The normalized spacial score (nSPS) is 10.6. The Morgan fingerprint density at radius 1 is 1.23 bits per heavy atom. The summed E-state index contributed by atoms with van der Waals surface area (Å²) in [7, 11) is 1.55. The lowest BCUT2D eigenvalue weighted by atomic mass is 10.1. The van der Waals surface area contributed by atoms with E-state index in [0.717, 1.165) is 17.3 Å². The maximum absolute atomic E-state index is 12.7. The molecule has 6 heteroatoms. The number of para-hydroxylation sites is 1. The van der Waals surface area contributed by atoms with Gasteiger partial charge in [-0.15, -0.1) is 0 Å². The van der Waals surface area contributed by atoms with E-state index in [1.165, 1.54) is 0 Å². The van der Waals surface area contributed by atoms with E-state index in [4.69, 9.17) is 9.47 Å². The van der Waals surface area contributed by atoms with Crippen LogP contribution in [0.5, 0.6) is 11.5 Å². The Morgan fingerprint density at radius 2 is 2.04 bits per heavy atom. The number of hydrogen-bond acceptors (Lipinski definition) is 4. The monoisotopic (exact) mass is 414 g/mol. The van der Waals surface area contributed by atoms with Crippen molar-refractivity contribution in [3.63, 3.8) is 0 Å². The molecule has 5 nitrogen and oxygen atoms in total. The second-order valence-electron chi connectivity index (χ2n) is 5.67.